The van der Waals surface area contributed by atoms with E-state index in [9.17, 15) is 4.79 Å². The van der Waals surface area contributed by atoms with Crippen molar-refractivity contribution in [1.82, 2.24) is 9.88 Å². The molecule has 0 radical (unpaired) electrons. The van der Waals surface area contributed by atoms with E-state index in [0.717, 1.165) is 16.1 Å². The summed E-state index contributed by atoms with van der Waals surface area (Å²) in [6.45, 7) is 8.73. The van der Waals surface area contributed by atoms with Crippen LogP contribution >= 0.6 is 33.9 Å². The van der Waals surface area contributed by atoms with Crippen molar-refractivity contribution < 1.29 is 9.53 Å². The van der Waals surface area contributed by atoms with Crippen molar-refractivity contribution in [2.24, 2.45) is 0 Å². The summed E-state index contributed by atoms with van der Waals surface area (Å²) in [4.78, 5) is 20.2. The largest absolute Gasteiger partial charge is 0.444 e. The lowest BCUT2D eigenvalue weighted by Crippen LogP contribution is -2.49. The predicted molar refractivity (Wildman–Crippen MR) is 84.9 cm³/mol. The first kappa shape index (κ1) is 14.8. The van der Waals surface area contributed by atoms with Gasteiger partial charge < -0.3 is 14.5 Å². The van der Waals surface area contributed by atoms with E-state index in [2.05, 4.69) is 32.5 Å². The second-order valence-electron chi connectivity index (χ2n) is 5.41. The maximum Gasteiger partial charge on any atom is 0.410 e. The summed E-state index contributed by atoms with van der Waals surface area (Å²) in [6, 6.07) is 0. The summed E-state index contributed by atoms with van der Waals surface area (Å²) in [7, 11) is 0. The summed E-state index contributed by atoms with van der Waals surface area (Å²) in [6.07, 6.45) is 1.68. The number of rotatable bonds is 1. The highest BCUT2D eigenvalue weighted by Crippen LogP contribution is 2.25. The van der Waals surface area contributed by atoms with Crippen molar-refractivity contribution in [3.8, 4) is 0 Å². The quantitative estimate of drug-likeness (QED) is 0.687. The van der Waals surface area contributed by atoms with Crippen LogP contribution in [0.1, 0.15) is 20.8 Å². The molecule has 1 saturated heterocycles. The molecule has 1 fully saturated rings. The predicted octanol–water partition coefficient (Wildman–Crippen LogP) is 2.80. The smallest absolute Gasteiger partial charge is 0.410 e. The second kappa shape index (κ2) is 5.82. The average molecular weight is 395 g/mol. The highest BCUT2D eigenvalue weighted by Gasteiger charge is 2.26. The van der Waals surface area contributed by atoms with Crippen molar-refractivity contribution in [2.45, 2.75) is 26.4 Å². The van der Waals surface area contributed by atoms with Gasteiger partial charge in [-0.3, -0.25) is 0 Å². The van der Waals surface area contributed by atoms with Crippen molar-refractivity contribution in [1.29, 1.82) is 0 Å². The Hall–Kier alpha value is -0.570. The SMILES string of the molecule is CC(C)(C)OC(=O)N1CCN(c2cnc(I)s2)CC1. The maximum atomic E-state index is 11.9. The number of carbonyl (C=O) groups excluding carboxylic acids is 1. The number of amides is 1. The number of aromatic nitrogens is 1. The molecule has 1 aliphatic rings. The minimum absolute atomic E-state index is 0.217. The highest BCUT2D eigenvalue weighted by molar-refractivity contribution is 14.1. The molecule has 2 rings (SSSR count). The molecule has 2 heterocycles. The topological polar surface area (TPSA) is 45.7 Å². The molecule has 5 nitrogen and oxygen atoms in total. The lowest BCUT2D eigenvalue weighted by atomic mass is 10.2. The van der Waals surface area contributed by atoms with Crippen LogP contribution in [0.4, 0.5) is 9.80 Å². The van der Waals surface area contributed by atoms with Crippen LogP contribution in [0.2, 0.25) is 0 Å². The normalized spacial score (nSPS) is 16.6. The van der Waals surface area contributed by atoms with Gasteiger partial charge in [-0.2, -0.15) is 0 Å². The number of nitrogens with zero attached hydrogens (tertiary/aromatic N) is 3. The molecule has 0 bridgehead atoms. The fraction of sp³-hybridized carbons (Fsp3) is 0.667. The van der Waals surface area contributed by atoms with Crippen molar-refractivity contribution in [2.75, 3.05) is 31.1 Å². The summed E-state index contributed by atoms with van der Waals surface area (Å²) >= 11 is 3.90. The first-order valence-corrected chi connectivity index (χ1v) is 8.09. The number of hydrogen-bond donors (Lipinski definition) is 0. The molecule has 0 aromatic carbocycles. The molecule has 7 heteroatoms. The number of thiazole rings is 1. The Kier molecular flexibility index (Phi) is 4.54. The van der Waals surface area contributed by atoms with E-state index < -0.39 is 5.60 Å². The summed E-state index contributed by atoms with van der Waals surface area (Å²) in [5, 5.41) is 1.17. The average Bonchev–Trinajstić information content (AvgIpc) is 2.74. The Morgan fingerprint density at radius 2 is 2.00 bits per heavy atom. The zero-order valence-corrected chi connectivity index (χ0v) is 14.3. The Balaban J connectivity index is 1.87. The Bertz CT molecular complexity index is 450. The van der Waals surface area contributed by atoms with Gasteiger partial charge in [0.1, 0.15) is 10.6 Å². The number of halogens is 1. The van der Waals surface area contributed by atoms with Gasteiger partial charge in [-0.05, 0) is 43.4 Å². The fourth-order valence-corrected chi connectivity index (χ4v) is 3.34. The molecule has 1 aromatic heterocycles. The molecule has 0 N–H and O–H groups in total. The van der Waals surface area contributed by atoms with E-state index in [4.69, 9.17) is 4.74 Å². The molecular weight excluding hydrogens is 377 g/mol. The standard InChI is InChI=1S/C12H18IN3O2S/c1-12(2,3)18-11(17)16-6-4-15(5-7-16)9-8-14-10(13)19-9/h8H,4-7H2,1-3H3. The molecule has 106 valence electrons. The first-order chi connectivity index (χ1) is 8.85. The molecule has 1 amide bonds. The zero-order chi connectivity index (χ0) is 14.0. The number of hydrogen-bond acceptors (Lipinski definition) is 5. The minimum Gasteiger partial charge on any atom is -0.444 e. The molecule has 0 atom stereocenters. The molecule has 0 spiro atoms. The van der Waals surface area contributed by atoms with E-state index in [1.54, 1.807) is 16.2 Å². The van der Waals surface area contributed by atoms with Crippen LogP contribution in [-0.4, -0.2) is 47.8 Å². The zero-order valence-electron chi connectivity index (χ0n) is 11.4. The van der Waals surface area contributed by atoms with Crippen LogP contribution in [0.5, 0.6) is 0 Å². The van der Waals surface area contributed by atoms with Crippen LogP contribution < -0.4 is 4.90 Å². The van der Waals surface area contributed by atoms with E-state index in [-0.39, 0.29) is 6.09 Å². The maximum absolute atomic E-state index is 11.9. The van der Waals surface area contributed by atoms with Gasteiger partial charge in [0.2, 0.25) is 0 Å². The van der Waals surface area contributed by atoms with Crippen molar-refractivity contribution in [3.05, 3.63) is 9.21 Å². The lowest BCUT2D eigenvalue weighted by Gasteiger charge is -2.35. The molecular formula is C12H18IN3O2S. The Morgan fingerprint density at radius 3 is 2.47 bits per heavy atom. The highest BCUT2D eigenvalue weighted by atomic mass is 127. The summed E-state index contributed by atoms with van der Waals surface area (Å²) in [5.41, 5.74) is -0.429. The Labute approximate surface area is 131 Å². The fourth-order valence-electron chi connectivity index (χ4n) is 1.83. The van der Waals surface area contributed by atoms with Crippen LogP contribution in [0.25, 0.3) is 0 Å². The van der Waals surface area contributed by atoms with Gasteiger partial charge in [-0.15, -0.1) is 0 Å². The summed E-state index contributed by atoms with van der Waals surface area (Å²) < 4.78 is 6.42. The monoisotopic (exact) mass is 395 g/mol. The summed E-state index contributed by atoms with van der Waals surface area (Å²) in [5.74, 6) is 0. The molecule has 1 aliphatic heterocycles. The van der Waals surface area contributed by atoms with E-state index >= 15 is 0 Å². The van der Waals surface area contributed by atoms with E-state index in [0.29, 0.717) is 13.1 Å². The van der Waals surface area contributed by atoms with Crippen molar-refractivity contribution in [3.63, 3.8) is 0 Å². The number of anilines is 1. The first-order valence-electron chi connectivity index (χ1n) is 6.19. The van der Waals surface area contributed by atoms with Gasteiger partial charge in [-0.25, -0.2) is 9.78 Å². The van der Waals surface area contributed by atoms with Gasteiger partial charge in [-0.1, -0.05) is 11.3 Å². The number of carbonyl (C=O) groups is 1. The van der Waals surface area contributed by atoms with Gasteiger partial charge in [0.15, 0.2) is 3.01 Å². The molecule has 0 aliphatic carbocycles. The van der Waals surface area contributed by atoms with Gasteiger partial charge >= 0.3 is 6.09 Å². The molecule has 19 heavy (non-hydrogen) atoms. The second-order valence-corrected chi connectivity index (χ2v) is 8.17. The minimum atomic E-state index is -0.429. The third kappa shape index (κ3) is 4.20. The lowest BCUT2D eigenvalue weighted by molar-refractivity contribution is 0.0241. The number of ether oxygens (including phenoxy) is 1. The van der Waals surface area contributed by atoms with Crippen LogP contribution in [0.3, 0.4) is 0 Å². The number of piperazine rings is 1. The van der Waals surface area contributed by atoms with Crippen LogP contribution in [-0.2, 0) is 4.74 Å². The van der Waals surface area contributed by atoms with Crippen LogP contribution in [0.15, 0.2) is 6.20 Å². The molecule has 0 unspecified atom stereocenters. The molecule has 0 saturated carbocycles. The van der Waals surface area contributed by atoms with Gasteiger partial charge in [0, 0.05) is 26.2 Å². The molecule has 1 aromatic rings. The van der Waals surface area contributed by atoms with Crippen molar-refractivity contribution >= 4 is 45.0 Å². The van der Waals surface area contributed by atoms with Crippen LogP contribution in [0, 0.1) is 3.01 Å². The van der Waals surface area contributed by atoms with E-state index in [1.165, 1.54) is 5.00 Å². The Morgan fingerprint density at radius 1 is 1.37 bits per heavy atom. The van der Waals surface area contributed by atoms with E-state index in [1.807, 2.05) is 27.0 Å². The van der Waals surface area contributed by atoms with Gasteiger partial charge in [0.25, 0.3) is 0 Å². The van der Waals surface area contributed by atoms with Gasteiger partial charge in [0.05, 0.1) is 6.20 Å². The third-order valence-corrected chi connectivity index (χ3v) is 4.49. The third-order valence-electron chi connectivity index (χ3n) is 2.71.